The van der Waals surface area contributed by atoms with Gasteiger partial charge in [0.2, 0.25) is 10.0 Å². The molecule has 0 spiro atoms. The van der Waals surface area contributed by atoms with Crippen molar-refractivity contribution in [3.05, 3.63) is 17.1 Å². The predicted octanol–water partition coefficient (Wildman–Crippen LogP) is 1.39. The van der Waals surface area contributed by atoms with E-state index in [1.165, 1.54) is 4.31 Å². The maximum atomic E-state index is 12.6. The van der Waals surface area contributed by atoms with E-state index in [9.17, 15) is 8.42 Å². The third-order valence-electron chi connectivity index (χ3n) is 2.87. The lowest BCUT2D eigenvalue weighted by molar-refractivity contribution is 0.441. The second-order valence-electron chi connectivity index (χ2n) is 4.27. The molecule has 1 rings (SSSR count). The molecular weight excluding hydrogens is 264 g/mol. The number of aryl methyl sites for hydroxylation is 2. The standard InChI is InChI=1S/C13H20N2O3S/c1-5-7-15(8-6-2)19(16,17)13-11(4)18-10(3)12(13)9-14/h1H,6-9,14H2,2-4H3. The van der Waals surface area contributed by atoms with Crippen LogP contribution in [-0.4, -0.2) is 25.8 Å². The Morgan fingerprint density at radius 1 is 1.37 bits per heavy atom. The van der Waals surface area contributed by atoms with E-state index in [4.69, 9.17) is 16.6 Å². The van der Waals surface area contributed by atoms with Gasteiger partial charge in [-0.3, -0.25) is 0 Å². The molecule has 0 aliphatic heterocycles. The number of furan rings is 1. The highest BCUT2D eigenvalue weighted by atomic mass is 32.2. The molecule has 19 heavy (non-hydrogen) atoms. The largest absolute Gasteiger partial charge is 0.465 e. The van der Waals surface area contributed by atoms with Crippen LogP contribution in [0.25, 0.3) is 0 Å². The number of nitrogens with two attached hydrogens (primary N) is 1. The molecular formula is C13H20N2O3S. The molecule has 0 radical (unpaired) electrons. The first-order valence-corrected chi connectivity index (χ1v) is 7.56. The summed E-state index contributed by atoms with van der Waals surface area (Å²) in [5.74, 6) is 3.27. The minimum atomic E-state index is -3.66. The average Bonchev–Trinajstić information content (AvgIpc) is 2.63. The molecule has 106 valence electrons. The highest BCUT2D eigenvalue weighted by Gasteiger charge is 2.31. The van der Waals surface area contributed by atoms with Crippen LogP contribution in [-0.2, 0) is 16.6 Å². The molecule has 0 saturated carbocycles. The van der Waals surface area contributed by atoms with Gasteiger partial charge in [0.15, 0.2) is 0 Å². The van der Waals surface area contributed by atoms with Gasteiger partial charge in [-0.05, 0) is 20.3 Å². The number of rotatable bonds is 6. The van der Waals surface area contributed by atoms with E-state index in [0.717, 1.165) is 0 Å². The van der Waals surface area contributed by atoms with Crippen LogP contribution in [0.4, 0.5) is 0 Å². The summed E-state index contributed by atoms with van der Waals surface area (Å²) in [5.41, 5.74) is 6.15. The van der Waals surface area contributed by atoms with Gasteiger partial charge in [-0.15, -0.1) is 6.42 Å². The summed E-state index contributed by atoms with van der Waals surface area (Å²) >= 11 is 0. The Morgan fingerprint density at radius 2 is 2.00 bits per heavy atom. The van der Waals surface area contributed by atoms with Gasteiger partial charge >= 0.3 is 0 Å². The van der Waals surface area contributed by atoms with Gasteiger partial charge in [0, 0.05) is 18.7 Å². The number of hydrogen-bond donors (Lipinski definition) is 1. The van der Waals surface area contributed by atoms with Crippen molar-refractivity contribution in [2.24, 2.45) is 5.73 Å². The van der Waals surface area contributed by atoms with Crippen molar-refractivity contribution in [2.75, 3.05) is 13.1 Å². The minimum Gasteiger partial charge on any atom is -0.465 e. The minimum absolute atomic E-state index is 0.0455. The van der Waals surface area contributed by atoms with E-state index in [2.05, 4.69) is 5.92 Å². The Kier molecular flexibility index (Phi) is 5.18. The molecule has 0 amide bonds. The normalized spacial score (nSPS) is 11.8. The van der Waals surface area contributed by atoms with Crippen molar-refractivity contribution in [3.63, 3.8) is 0 Å². The number of hydrogen-bond acceptors (Lipinski definition) is 4. The van der Waals surface area contributed by atoms with Gasteiger partial charge in [0.1, 0.15) is 16.4 Å². The summed E-state index contributed by atoms with van der Waals surface area (Å²) in [6, 6.07) is 0. The van der Waals surface area contributed by atoms with Crippen LogP contribution in [0.1, 0.15) is 30.4 Å². The lowest BCUT2D eigenvalue weighted by Gasteiger charge is -2.19. The first-order valence-electron chi connectivity index (χ1n) is 6.12. The first kappa shape index (κ1) is 15.8. The monoisotopic (exact) mass is 284 g/mol. The third kappa shape index (κ3) is 3.00. The summed E-state index contributed by atoms with van der Waals surface area (Å²) in [6.07, 6.45) is 5.93. The smallest absolute Gasteiger partial charge is 0.247 e. The Morgan fingerprint density at radius 3 is 2.47 bits per heavy atom. The molecule has 1 aromatic heterocycles. The number of terminal acetylenes is 1. The summed E-state index contributed by atoms with van der Waals surface area (Å²) in [4.78, 5) is 0.163. The van der Waals surface area contributed by atoms with Gasteiger partial charge in [0.05, 0.1) is 6.54 Å². The predicted molar refractivity (Wildman–Crippen MR) is 74.0 cm³/mol. The lowest BCUT2D eigenvalue weighted by atomic mass is 10.2. The van der Waals surface area contributed by atoms with Crippen molar-refractivity contribution >= 4 is 10.0 Å². The molecule has 0 aromatic carbocycles. The molecule has 5 nitrogen and oxygen atoms in total. The Hall–Kier alpha value is -1.29. The highest BCUT2D eigenvalue weighted by Crippen LogP contribution is 2.28. The van der Waals surface area contributed by atoms with Gasteiger partial charge < -0.3 is 10.2 Å². The summed E-state index contributed by atoms with van der Waals surface area (Å²) in [5, 5.41) is 0. The van der Waals surface area contributed by atoms with E-state index in [1.54, 1.807) is 13.8 Å². The van der Waals surface area contributed by atoms with Gasteiger partial charge in [-0.1, -0.05) is 12.8 Å². The van der Waals surface area contributed by atoms with Gasteiger partial charge in [0.25, 0.3) is 0 Å². The van der Waals surface area contributed by atoms with Crippen molar-refractivity contribution in [3.8, 4) is 12.3 Å². The molecule has 0 fully saturated rings. The molecule has 2 N–H and O–H groups in total. The molecule has 0 bridgehead atoms. The SMILES string of the molecule is C#CCN(CCC)S(=O)(=O)c1c(C)oc(C)c1CN. The van der Waals surface area contributed by atoms with Crippen molar-refractivity contribution < 1.29 is 12.8 Å². The fraction of sp³-hybridized carbons (Fsp3) is 0.538. The summed E-state index contributed by atoms with van der Waals surface area (Å²) < 4.78 is 32.0. The zero-order valence-electron chi connectivity index (χ0n) is 11.6. The van der Waals surface area contributed by atoms with Crippen LogP contribution in [0.2, 0.25) is 0 Å². The molecule has 0 aliphatic carbocycles. The van der Waals surface area contributed by atoms with Crippen LogP contribution in [0.5, 0.6) is 0 Å². The Labute approximate surface area is 114 Å². The van der Waals surface area contributed by atoms with Crippen LogP contribution < -0.4 is 5.73 Å². The molecule has 0 aliphatic rings. The second kappa shape index (κ2) is 6.24. The topological polar surface area (TPSA) is 76.5 Å². The van der Waals surface area contributed by atoms with Gasteiger partial charge in [-0.2, -0.15) is 4.31 Å². The zero-order chi connectivity index (χ0) is 14.6. The lowest BCUT2D eigenvalue weighted by Crippen LogP contribution is -2.33. The van der Waals surface area contributed by atoms with E-state index < -0.39 is 10.0 Å². The van der Waals surface area contributed by atoms with Crippen molar-refractivity contribution in [1.82, 2.24) is 4.31 Å². The average molecular weight is 284 g/mol. The molecule has 0 saturated heterocycles. The van der Waals surface area contributed by atoms with E-state index in [0.29, 0.717) is 30.0 Å². The molecule has 6 heteroatoms. The van der Waals surface area contributed by atoms with E-state index in [1.807, 2.05) is 6.92 Å². The number of nitrogens with zero attached hydrogens (tertiary/aromatic N) is 1. The molecule has 1 aromatic rings. The van der Waals surface area contributed by atoms with Crippen LogP contribution in [0, 0.1) is 26.2 Å². The Balaban J connectivity index is 3.37. The van der Waals surface area contributed by atoms with Crippen LogP contribution >= 0.6 is 0 Å². The fourth-order valence-electron chi connectivity index (χ4n) is 2.05. The van der Waals surface area contributed by atoms with Crippen LogP contribution in [0.15, 0.2) is 9.31 Å². The second-order valence-corrected chi connectivity index (χ2v) is 6.14. The molecule has 0 atom stereocenters. The fourth-order valence-corrected chi connectivity index (χ4v) is 3.92. The molecule has 0 unspecified atom stereocenters. The number of sulfonamides is 1. The van der Waals surface area contributed by atoms with E-state index in [-0.39, 0.29) is 18.0 Å². The molecule has 1 heterocycles. The quantitative estimate of drug-likeness (QED) is 0.801. The third-order valence-corrected chi connectivity index (χ3v) is 4.91. The Bertz CT molecular complexity index is 582. The maximum Gasteiger partial charge on any atom is 0.247 e. The van der Waals surface area contributed by atoms with Crippen LogP contribution in [0.3, 0.4) is 0 Å². The van der Waals surface area contributed by atoms with Crippen molar-refractivity contribution in [2.45, 2.75) is 38.6 Å². The summed E-state index contributed by atoms with van der Waals surface area (Å²) in [6.45, 7) is 5.77. The van der Waals surface area contributed by atoms with E-state index >= 15 is 0 Å². The highest BCUT2D eigenvalue weighted by molar-refractivity contribution is 7.89. The first-order chi connectivity index (χ1) is 8.89. The maximum absolute atomic E-state index is 12.6. The summed E-state index contributed by atoms with van der Waals surface area (Å²) in [7, 11) is -3.66. The van der Waals surface area contributed by atoms with Crippen molar-refractivity contribution in [1.29, 1.82) is 0 Å². The van der Waals surface area contributed by atoms with Gasteiger partial charge in [-0.25, -0.2) is 8.42 Å². The zero-order valence-corrected chi connectivity index (χ0v) is 12.4.